The monoisotopic (exact) mass is 290 g/mol. The van der Waals surface area contributed by atoms with Crippen molar-refractivity contribution in [3.8, 4) is 5.75 Å². The lowest BCUT2D eigenvalue weighted by Crippen LogP contribution is -2.45. The maximum absolute atomic E-state index is 12.6. The summed E-state index contributed by atoms with van der Waals surface area (Å²) >= 11 is 0. The van der Waals surface area contributed by atoms with Crippen LogP contribution in [0.1, 0.15) is 32.3 Å². The molecule has 21 heavy (non-hydrogen) atoms. The van der Waals surface area contributed by atoms with Crippen LogP contribution in [-0.2, 0) is 11.2 Å². The molecule has 1 aromatic carbocycles. The molecule has 1 fully saturated rings. The highest BCUT2D eigenvalue weighted by Gasteiger charge is 2.23. The summed E-state index contributed by atoms with van der Waals surface area (Å²) < 4.78 is 5.22. The van der Waals surface area contributed by atoms with Crippen LogP contribution >= 0.6 is 0 Å². The molecule has 2 rings (SSSR count). The van der Waals surface area contributed by atoms with E-state index >= 15 is 0 Å². The zero-order valence-electron chi connectivity index (χ0n) is 13.3. The molecule has 1 N–H and O–H groups in total. The van der Waals surface area contributed by atoms with Crippen LogP contribution in [0, 0.1) is 0 Å². The second-order valence-corrected chi connectivity index (χ2v) is 5.96. The van der Waals surface area contributed by atoms with Crippen molar-refractivity contribution in [1.82, 2.24) is 10.2 Å². The predicted octanol–water partition coefficient (Wildman–Crippen LogP) is 2.23. The number of nitrogens with zero attached hydrogens (tertiary/aromatic N) is 1. The topological polar surface area (TPSA) is 41.6 Å². The van der Waals surface area contributed by atoms with E-state index in [2.05, 4.69) is 19.2 Å². The van der Waals surface area contributed by atoms with Crippen molar-refractivity contribution in [2.24, 2.45) is 0 Å². The fourth-order valence-corrected chi connectivity index (χ4v) is 2.81. The van der Waals surface area contributed by atoms with E-state index < -0.39 is 0 Å². The van der Waals surface area contributed by atoms with Gasteiger partial charge in [-0.2, -0.15) is 0 Å². The van der Waals surface area contributed by atoms with Crippen LogP contribution in [0.4, 0.5) is 0 Å². The molecule has 1 aromatic rings. The van der Waals surface area contributed by atoms with Gasteiger partial charge in [0.15, 0.2) is 0 Å². The molecule has 0 spiro atoms. The Bertz CT molecular complexity index is 468. The number of carbonyl (C=O) groups is 1. The quantitative estimate of drug-likeness (QED) is 0.873. The highest BCUT2D eigenvalue weighted by molar-refractivity contribution is 5.79. The normalized spacial score (nSPS) is 18.0. The summed E-state index contributed by atoms with van der Waals surface area (Å²) in [5.74, 6) is 0.987. The van der Waals surface area contributed by atoms with Gasteiger partial charge in [0.05, 0.1) is 13.5 Å². The summed E-state index contributed by atoms with van der Waals surface area (Å²) in [7, 11) is 1.65. The van der Waals surface area contributed by atoms with Gasteiger partial charge in [-0.15, -0.1) is 0 Å². The van der Waals surface area contributed by atoms with Gasteiger partial charge in [0.1, 0.15) is 5.75 Å². The van der Waals surface area contributed by atoms with Crippen LogP contribution in [0.3, 0.4) is 0 Å². The van der Waals surface area contributed by atoms with Gasteiger partial charge in [-0.1, -0.05) is 12.1 Å². The van der Waals surface area contributed by atoms with Gasteiger partial charge in [0.25, 0.3) is 0 Å². The van der Waals surface area contributed by atoms with Crippen molar-refractivity contribution in [2.75, 3.05) is 20.2 Å². The van der Waals surface area contributed by atoms with Crippen LogP contribution in [0.15, 0.2) is 24.3 Å². The third-order valence-corrected chi connectivity index (χ3v) is 4.01. The third-order valence-electron chi connectivity index (χ3n) is 4.01. The van der Waals surface area contributed by atoms with E-state index in [1.807, 2.05) is 29.2 Å². The molecular formula is C17H26N2O2. The van der Waals surface area contributed by atoms with E-state index in [-0.39, 0.29) is 11.9 Å². The lowest BCUT2D eigenvalue weighted by Gasteiger charge is -2.29. The molecule has 4 heteroatoms. The Hall–Kier alpha value is -1.55. The molecule has 4 nitrogen and oxygen atoms in total. The minimum atomic E-state index is 0.187. The van der Waals surface area contributed by atoms with Crippen LogP contribution in [-0.4, -0.2) is 43.1 Å². The number of carbonyl (C=O) groups excluding carboxylic acids is 1. The van der Waals surface area contributed by atoms with Crippen LogP contribution in [0.25, 0.3) is 0 Å². The van der Waals surface area contributed by atoms with Crippen molar-refractivity contribution in [1.29, 1.82) is 0 Å². The smallest absolute Gasteiger partial charge is 0.227 e. The Kier molecular flexibility index (Phi) is 5.62. The van der Waals surface area contributed by atoms with Crippen LogP contribution < -0.4 is 10.1 Å². The van der Waals surface area contributed by atoms with E-state index in [9.17, 15) is 4.79 Å². The summed E-state index contributed by atoms with van der Waals surface area (Å²) in [5, 5.41) is 3.47. The van der Waals surface area contributed by atoms with Gasteiger partial charge in [0.2, 0.25) is 5.91 Å². The second kappa shape index (κ2) is 7.46. The van der Waals surface area contributed by atoms with Gasteiger partial charge in [-0.25, -0.2) is 0 Å². The molecule has 0 bridgehead atoms. The van der Waals surface area contributed by atoms with Gasteiger partial charge in [-0.05, 0) is 50.9 Å². The molecule has 1 amide bonds. The Morgan fingerprint density at radius 1 is 1.48 bits per heavy atom. The Morgan fingerprint density at radius 2 is 2.29 bits per heavy atom. The zero-order chi connectivity index (χ0) is 15.2. The average Bonchev–Trinajstić information content (AvgIpc) is 2.97. The first-order chi connectivity index (χ1) is 10.1. The molecule has 116 valence electrons. The summed E-state index contributed by atoms with van der Waals surface area (Å²) in [6, 6.07) is 8.42. The molecule has 1 saturated heterocycles. The number of hydrogen-bond donors (Lipinski definition) is 1. The Balaban J connectivity index is 2.00. The maximum atomic E-state index is 12.6. The maximum Gasteiger partial charge on any atom is 0.227 e. The minimum absolute atomic E-state index is 0.187. The summed E-state index contributed by atoms with van der Waals surface area (Å²) in [6.07, 6.45) is 2.80. The van der Waals surface area contributed by atoms with Crippen molar-refractivity contribution in [3.05, 3.63) is 29.8 Å². The number of rotatable bonds is 6. The Labute approximate surface area is 127 Å². The molecule has 0 aliphatic carbocycles. The molecule has 0 aromatic heterocycles. The van der Waals surface area contributed by atoms with Crippen LogP contribution in [0.5, 0.6) is 5.75 Å². The second-order valence-electron chi connectivity index (χ2n) is 5.96. The lowest BCUT2D eigenvalue weighted by atomic mass is 10.1. The fourth-order valence-electron chi connectivity index (χ4n) is 2.81. The zero-order valence-corrected chi connectivity index (χ0v) is 13.3. The van der Waals surface area contributed by atoms with Crippen molar-refractivity contribution >= 4 is 5.91 Å². The summed E-state index contributed by atoms with van der Waals surface area (Å²) in [4.78, 5) is 14.6. The largest absolute Gasteiger partial charge is 0.497 e. The van der Waals surface area contributed by atoms with Crippen LogP contribution in [0.2, 0.25) is 0 Å². The molecule has 0 radical (unpaired) electrons. The summed E-state index contributed by atoms with van der Waals surface area (Å²) in [6.45, 7) is 6.04. The molecule has 1 aliphatic heterocycles. The minimum Gasteiger partial charge on any atom is -0.497 e. The number of hydrogen-bond acceptors (Lipinski definition) is 3. The summed E-state index contributed by atoms with van der Waals surface area (Å²) in [5.41, 5.74) is 1.00. The highest BCUT2D eigenvalue weighted by atomic mass is 16.5. The van der Waals surface area contributed by atoms with Gasteiger partial charge >= 0.3 is 0 Å². The number of methoxy groups -OCH3 is 1. The van der Waals surface area contributed by atoms with E-state index in [1.54, 1.807) is 7.11 Å². The van der Waals surface area contributed by atoms with Crippen molar-refractivity contribution in [3.63, 3.8) is 0 Å². The first-order valence-electron chi connectivity index (χ1n) is 7.76. The van der Waals surface area contributed by atoms with Crippen molar-refractivity contribution in [2.45, 2.75) is 45.2 Å². The molecule has 0 saturated carbocycles. The molecule has 1 unspecified atom stereocenters. The third kappa shape index (κ3) is 4.46. The molecule has 1 heterocycles. The molecule has 1 aliphatic rings. The van der Waals surface area contributed by atoms with E-state index in [4.69, 9.17) is 4.74 Å². The van der Waals surface area contributed by atoms with E-state index in [0.29, 0.717) is 12.5 Å². The Morgan fingerprint density at radius 3 is 2.90 bits per heavy atom. The van der Waals surface area contributed by atoms with E-state index in [0.717, 1.165) is 30.8 Å². The molecular weight excluding hydrogens is 264 g/mol. The van der Waals surface area contributed by atoms with E-state index in [1.165, 1.54) is 6.42 Å². The van der Waals surface area contributed by atoms with Crippen molar-refractivity contribution < 1.29 is 9.53 Å². The number of nitrogens with one attached hydrogen (secondary N) is 1. The van der Waals surface area contributed by atoms with Gasteiger partial charge in [0, 0.05) is 18.6 Å². The fraction of sp³-hybridized carbons (Fsp3) is 0.588. The number of amides is 1. The first-order valence-corrected chi connectivity index (χ1v) is 7.76. The van der Waals surface area contributed by atoms with Gasteiger partial charge in [-0.3, -0.25) is 4.79 Å². The number of ether oxygens (including phenoxy) is 1. The lowest BCUT2D eigenvalue weighted by molar-refractivity contribution is -0.132. The standard InChI is InChI=1S/C17H26N2O2/c1-13(2)19(12-15-7-5-9-18-15)17(20)11-14-6-4-8-16(10-14)21-3/h4,6,8,10,13,15,18H,5,7,9,11-12H2,1-3H3. The first kappa shape index (κ1) is 15.8. The SMILES string of the molecule is COc1cccc(CC(=O)N(CC2CCCN2)C(C)C)c1. The average molecular weight is 290 g/mol. The van der Waals surface area contributed by atoms with Gasteiger partial charge < -0.3 is 15.0 Å². The predicted molar refractivity (Wildman–Crippen MR) is 84.6 cm³/mol. The highest BCUT2D eigenvalue weighted by Crippen LogP contribution is 2.15. The molecule has 1 atom stereocenters. The number of benzene rings is 1.